The van der Waals surface area contributed by atoms with Gasteiger partial charge in [0.2, 0.25) is 5.91 Å². The summed E-state index contributed by atoms with van der Waals surface area (Å²) in [5, 5.41) is 7.61. The molecule has 0 aliphatic carbocycles. The van der Waals surface area contributed by atoms with Gasteiger partial charge in [0.1, 0.15) is 12.4 Å². The maximum absolute atomic E-state index is 12.6. The SMILES string of the molecule is Cc1ccc2nc([C@@H]3CCCN3C(=O)Cn3ccnn3)[nH]c2c1. The van der Waals surface area contributed by atoms with Crippen molar-refractivity contribution in [1.82, 2.24) is 29.9 Å². The van der Waals surface area contributed by atoms with Crippen LogP contribution in [0.2, 0.25) is 0 Å². The standard InChI is InChI=1S/C16H18N6O/c1-11-4-5-12-13(9-11)19-16(18-12)14-3-2-7-22(14)15(23)10-21-8-6-17-20-21/h4-6,8-9,14H,2-3,7,10H2,1H3,(H,18,19)/t14-/m0/s1. The van der Waals surface area contributed by atoms with E-state index in [1.165, 1.54) is 5.56 Å². The van der Waals surface area contributed by atoms with Crippen LogP contribution in [0, 0.1) is 6.92 Å². The van der Waals surface area contributed by atoms with Crippen molar-refractivity contribution in [3.05, 3.63) is 42.0 Å². The monoisotopic (exact) mass is 310 g/mol. The number of aromatic amines is 1. The van der Waals surface area contributed by atoms with E-state index in [1.54, 1.807) is 17.1 Å². The number of fused-ring (bicyclic) bond motifs is 1. The van der Waals surface area contributed by atoms with Crippen LogP contribution in [0.3, 0.4) is 0 Å². The van der Waals surface area contributed by atoms with Crippen molar-refractivity contribution in [3.63, 3.8) is 0 Å². The average molecular weight is 310 g/mol. The van der Waals surface area contributed by atoms with Gasteiger partial charge in [-0.1, -0.05) is 11.3 Å². The molecule has 0 bridgehead atoms. The van der Waals surface area contributed by atoms with Crippen molar-refractivity contribution in [1.29, 1.82) is 0 Å². The highest BCUT2D eigenvalue weighted by atomic mass is 16.2. The van der Waals surface area contributed by atoms with Crippen LogP contribution >= 0.6 is 0 Å². The van der Waals surface area contributed by atoms with Gasteiger partial charge in [-0.25, -0.2) is 9.67 Å². The number of rotatable bonds is 3. The highest BCUT2D eigenvalue weighted by Gasteiger charge is 2.32. The van der Waals surface area contributed by atoms with E-state index in [0.29, 0.717) is 0 Å². The molecule has 23 heavy (non-hydrogen) atoms. The molecular formula is C16H18N6O. The lowest BCUT2D eigenvalue weighted by molar-refractivity contribution is -0.133. The number of carbonyl (C=O) groups excluding carboxylic acids is 1. The first kappa shape index (κ1) is 13.9. The van der Waals surface area contributed by atoms with E-state index in [2.05, 4.69) is 39.3 Å². The molecule has 1 saturated heterocycles. The van der Waals surface area contributed by atoms with Crippen LogP contribution in [-0.4, -0.2) is 42.3 Å². The molecule has 118 valence electrons. The molecule has 3 heterocycles. The molecule has 0 unspecified atom stereocenters. The van der Waals surface area contributed by atoms with Gasteiger partial charge >= 0.3 is 0 Å². The molecule has 1 N–H and O–H groups in total. The maximum atomic E-state index is 12.6. The highest BCUT2D eigenvalue weighted by Crippen LogP contribution is 2.31. The molecule has 3 aromatic rings. The molecule has 7 heteroatoms. The number of H-pyrrole nitrogens is 1. The summed E-state index contributed by atoms with van der Waals surface area (Å²) in [6.07, 6.45) is 5.20. The van der Waals surface area contributed by atoms with Crippen molar-refractivity contribution in [2.24, 2.45) is 0 Å². The first-order valence-corrected chi connectivity index (χ1v) is 7.80. The molecule has 4 rings (SSSR count). The van der Waals surface area contributed by atoms with Gasteiger partial charge in [0.05, 0.1) is 23.3 Å². The number of hydrogen-bond donors (Lipinski definition) is 1. The second-order valence-electron chi connectivity index (χ2n) is 5.99. The Morgan fingerprint density at radius 2 is 2.35 bits per heavy atom. The topological polar surface area (TPSA) is 79.7 Å². The Labute approximate surface area is 133 Å². The van der Waals surface area contributed by atoms with Gasteiger partial charge < -0.3 is 9.88 Å². The fourth-order valence-electron chi connectivity index (χ4n) is 3.20. The number of likely N-dealkylation sites (tertiary alicyclic amines) is 1. The zero-order valence-corrected chi connectivity index (χ0v) is 12.9. The van der Waals surface area contributed by atoms with Crippen LogP contribution in [0.1, 0.15) is 30.3 Å². The lowest BCUT2D eigenvalue weighted by atomic mass is 10.2. The van der Waals surface area contributed by atoms with Gasteiger partial charge in [0.15, 0.2) is 0 Å². The molecule has 7 nitrogen and oxygen atoms in total. The van der Waals surface area contributed by atoms with Crippen LogP contribution < -0.4 is 0 Å². The van der Waals surface area contributed by atoms with Gasteiger partial charge in [-0.3, -0.25) is 4.79 Å². The summed E-state index contributed by atoms with van der Waals surface area (Å²) in [7, 11) is 0. The number of carbonyl (C=O) groups is 1. The Hall–Kier alpha value is -2.70. The Kier molecular flexibility index (Phi) is 3.33. The summed E-state index contributed by atoms with van der Waals surface area (Å²) < 4.78 is 1.56. The van der Waals surface area contributed by atoms with Crippen molar-refractivity contribution < 1.29 is 4.79 Å². The summed E-state index contributed by atoms with van der Waals surface area (Å²) in [6.45, 7) is 3.04. The first-order chi connectivity index (χ1) is 11.2. The zero-order valence-electron chi connectivity index (χ0n) is 12.9. The second-order valence-corrected chi connectivity index (χ2v) is 5.99. The van der Waals surface area contributed by atoms with E-state index >= 15 is 0 Å². The number of aryl methyl sites for hydroxylation is 1. The van der Waals surface area contributed by atoms with Crippen molar-refractivity contribution in [2.75, 3.05) is 6.54 Å². The van der Waals surface area contributed by atoms with Gasteiger partial charge in [0, 0.05) is 12.7 Å². The normalized spacial score (nSPS) is 18.0. The maximum Gasteiger partial charge on any atom is 0.244 e. The molecule has 1 fully saturated rings. The molecular weight excluding hydrogens is 292 g/mol. The van der Waals surface area contributed by atoms with E-state index < -0.39 is 0 Å². The van der Waals surface area contributed by atoms with Crippen molar-refractivity contribution in [3.8, 4) is 0 Å². The number of hydrogen-bond acceptors (Lipinski definition) is 4. The second kappa shape index (κ2) is 5.49. The van der Waals surface area contributed by atoms with E-state index in [1.807, 2.05) is 11.0 Å². The Balaban J connectivity index is 1.59. The predicted octanol–water partition coefficient (Wildman–Crippen LogP) is 1.83. The summed E-state index contributed by atoms with van der Waals surface area (Å²) >= 11 is 0. The Morgan fingerprint density at radius 1 is 1.43 bits per heavy atom. The van der Waals surface area contributed by atoms with Gasteiger partial charge in [-0.2, -0.15) is 0 Å². The van der Waals surface area contributed by atoms with E-state index in [0.717, 1.165) is 36.2 Å². The largest absolute Gasteiger partial charge is 0.340 e. The van der Waals surface area contributed by atoms with Crippen LogP contribution in [0.15, 0.2) is 30.6 Å². The third kappa shape index (κ3) is 2.58. The number of aromatic nitrogens is 5. The minimum Gasteiger partial charge on any atom is -0.340 e. The molecule has 1 aromatic carbocycles. The molecule has 1 aliphatic rings. The minimum absolute atomic E-state index is 0.0127. The number of imidazole rings is 1. The third-order valence-electron chi connectivity index (χ3n) is 4.31. The Morgan fingerprint density at radius 3 is 3.17 bits per heavy atom. The predicted molar refractivity (Wildman–Crippen MR) is 84.5 cm³/mol. The first-order valence-electron chi connectivity index (χ1n) is 7.80. The third-order valence-corrected chi connectivity index (χ3v) is 4.31. The molecule has 1 atom stereocenters. The summed E-state index contributed by atoms with van der Waals surface area (Å²) in [5.41, 5.74) is 3.16. The summed E-state index contributed by atoms with van der Waals surface area (Å²) in [4.78, 5) is 22.5. The van der Waals surface area contributed by atoms with Gasteiger partial charge in [-0.05, 0) is 37.5 Å². The lowest BCUT2D eigenvalue weighted by Crippen LogP contribution is -2.34. The molecule has 0 saturated carbocycles. The zero-order chi connectivity index (χ0) is 15.8. The minimum atomic E-state index is 0.0127. The smallest absolute Gasteiger partial charge is 0.244 e. The van der Waals surface area contributed by atoms with Crippen molar-refractivity contribution >= 4 is 16.9 Å². The fraction of sp³-hybridized carbons (Fsp3) is 0.375. The number of nitrogens with zero attached hydrogens (tertiary/aromatic N) is 5. The quantitative estimate of drug-likeness (QED) is 0.800. The number of amides is 1. The van der Waals surface area contributed by atoms with E-state index in [9.17, 15) is 4.79 Å². The van der Waals surface area contributed by atoms with Crippen LogP contribution in [0.5, 0.6) is 0 Å². The van der Waals surface area contributed by atoms with E-state index in [4.69, 9.17) is 0 Å². The highest BCUT2D eigenvalue weighted by molar-refractivity contribution is 5.78. The van der Waals surface area contributed by atoms with Crippen molar-refractivity contribution in [2.45, 2.75) is 32.4 Å². The average Bonchev–Trinajstić information content (AvgIpc) is 3.26. The molecule has 2 aromatic heterocycles. The van der Waals surface area contributed by atoms with Gasteiger partial charge in [0.25, 0.3) is 0 Å². The van der Waals surface area contributed by atoms with Crippen LogP contribution in [-0.2, 0) is 11.3 Å². The summed E-state index contributed by atoms with van der Waals surface area (Å²) in [5.74, 6) is 0.921. The Bertz CT molecular complexity index is 838. The lowest BCUT2D eigenvalue weighted by Gasteiger charge is -2.23. The molecule has 1 amide bonds. The number of benzene rings is 1. The van der Waals surface area contributed by atoms with Gasteiger partial charge in [-0.15, -0.1) is 5.10 Å². The van der Waals surface area contributed by atoms with Crippen LogP contribution in [0.25, 0.3) is 11.0 Å². The fourth-order valence-corrected chi connectivity index (χ4v) is 3.20. The van der Waals surface area contributed by atoms with E-state index in [-0.39, 0.29) is 18.5 Å². The molecule has 0 radical (unpaired) electrons. The molecule has 0 spiro atoms. The summed E-state index contributed by atoms with van der Waals surface area (Å²) in [6, 6.07) is 6.16. The number of nitrogens with one attached hydrogen (secondary N) is 1. The molecule has 1 aliphatic heterocycles. The van der Waals surface area contributed by atoms with Crippen LogP contribution in [0.4, 0.5) is 0 Å².